The molecule has 5 heteroatoms. The summed E-state index contributed by atoms with van der Waals surface area (Å²) < 4.78 is 13.0. The van der Waals surface area contributed by atoms with Crippen molar-refractivity contribution in [1.82, 2.24) is 10.3 Å². The molecule has 1 fully saturated rings. The van der Waals surface area contributed by atoms with Gasteiger partial charge < -0.3 is 5.32 Å². The average Bonchev–Trinajstić information content (AvgIpc) is 2.70. The van der Waals surface area contributed by atoms with Gasteiger partial charge in [0.05, 0.1) is 6.20 Å². The van der Waals surface area contributed by atoms with Gasteiger partial charge in [0.2, 0.25) is 0 Å². The fourth-order valence-electron chi connectivity index (χ4n) is 2.03. The molecule has 16 heavy (non-hydrogen) atoms. The first-order valence-corrected chi connectivity index (χ1v) is 5.19. The Morgan fingerprint density at radius 3 is 2.81 bits per heavy atom. The summed E-state index contributed by atoms with van der Waals surface area (Å²) in [4.78, 5) is 4.13. The minimum Gasteiger partial charge on any atom is -0.310 e. The average molecular weight is 267 g/mol. The summed E-state index contributed by atoms with van der Waals surface area (Å²) in [5.74, 6) is -0.231. The Labute approximate surface area is 108 Å². The molecule has 0 bridgehead atoms. The van der Waals surface area contributed by atoms with Crippen LogP contribution in [-0.4, -0.2) is 11.5 Å². The molecule has 0 aliphatic carbocycles. The standard InChI is InChI=1S/C11H15FN2.2ClH/c1-2-10-9(6-8(12)7-14-10)11-4-3-5-13-11;;/h6-7,11,13H,2-5H2,1H3;2*1H. The third-order valence-electron chi connectivity index (χ3n) is 2.74. The predicted molar refractivity (Wildman–Crippen MR) is 68.0 cm³/mol. The summed E-state index contributed by atoms with van der Waals surface area (Å²) in [6.45, 7) is 3.09. The molecule has 1 aromatic rings. The van der Waals surface area contributed by atoms with Crippen molar-refractivity contribution in [3.8, 4) is 0 Å². The van der Waals surface area contributed by atoms with Gasteiger partial charge >= 0.3 is 0 Å². The number of aromatic nitrogens is 1. The summed E-state index contributed by atoms with van der Waals surface area (Å²) in [5, 5.41) is 3.37. The van der Waals surface area contributed by atoms with Crippen molar-refractivity contribution >= 4 is 24.8 Å². The lowest BCUT2D eigenvalue weighted by atomic mass is 10.0. The van der Waals surface area contributed by atoms with E-state index in [4.69, 9.17) is 0 Å². The molecule has 2 rings (SSSR count). The summed E-state index contributed by atoms with van der Waals surface area (Å²) >= 11 is 0. The van der Waals surface area contributed by atoms with Crippen LogP contribution in [0, 0.1) is 5.82 Å². The number of halogens is 3. The number of nitrogens with zero attached hydrogens (tertiary/aromatic N) is 1. The van der Waals surface area contributed by atoms with Crippen LogP contribution >= 0.6 is 24.8 Å². The molecule has 0 spiro atoms. The number of aryl methyl sites for hydroxylation is 1. The van der Waals surface area contributed by atoms with Crippen LogP contribution in [-0.2, 0) is 6.42 Å². The maximum absolute atomic E-state index is 13.0. The van der Waals surface area contributed by atoms with Crippen LogP contribution in [0.3, 0.4) is 0 Å². The van der Waals surface area contributed by atoms with Crippen LogP contribution in [0.1, 0.15) is 37.1 Å². The highest BCUT2D eigenvalue weighted by atomic mass is 35.5. The Kier molecular flexibility index (Phi) is 6.88. The van der Waals surface area contributed by atoms with Crippen LogP contribution in [0.2, 0.25) is 0 Å². The van der Waals surface area contributed by atoms with Gasteiger partial charge in [0.15, 0.2) is 0 Å². The Hall–Kier alpha value is -0.380. The quantitative estimate of drug-likeness (QED) is 0.890. The Bertz CT molecular complexity index is 328. The van der Waals surface area contributed by atoms with Crippen molar-refractivity contribution in [1.29, 1.82) is 0 Å². The highest BCUT2D eigenvalue weighted by Gasteiger charge is 2.19. The second-order valence-corrected chi connectivity index (χ2v) is 3.69. The second kappa shape index (κ2) is 7.05. The van der Waals surface area contributed by atoms with Gasteiger partial charge in [-0.2, -0.15) is 0 Å². The molecule has 1 N–H and O–H groups in total. The minimum atomic E-state index is -0.231. The topological polar surface area (TPSA) is 24.9 Å². The second-order valence-electron chi connectivity index (χ2n) is 3.69. The van der Waals surface area contributed by atoms with E-state index in [1.54, 1.807) is 6.07 Å². The molecular formula is C11H17Cl2FN2. The molecule has 1 aromatic heterocycles. The van der Waals surface area contributed by atoms with E-state index in [1.807, 2.05) is 0 Å². The highest BCUT2D eigenvalue weighted by molar-refractivity contribution is 5.85. The third kappa shape index (κ3) is 3.30. The van der Waals surface area contributed by atoms with E-state index in [1.165, 1.54) is 12.6 Å². The van der Waals surface area contributed by atoms with Gasteiger partial charge in [-0.1, -0.05) is 6.92 Å². The Morgan fingerprint density at radius 2 is 2.25 bits per heavy atom. The van der Waals surface area contributed by atoms with Gasteiger partial charge in [-0.05, 0) is 37.4 Å². The van der Waals surface area contributed by atoms with Crippen molar-refractivity contribution in [3.05, 3.63) is 29.3 Å². The fraction of sp³-hybridized carbons (Fsp3) is 0.545. The normalized spacial score (nSPS) is 18.8. The van der Waals surface area contributed by atoms with E-state index < -0.39 is 0 Å². The molecule has 1 aliphatic rings. The zero-order chi connectivity index (χ0) is 9.97. The van der Waals surface area contributed by atoms with Gasteiger partial charge in [0.1, 0.15) is 5.82 Å². The van der Waals surface area contributed by atoms with Crippen LogP contribution in [0.15, 0.2) is 12.3 Å². The number of hydrogen-bond donors (Lipinski definition) is 1. The number of hydrogen-bond acceptors (Lipinski definition) is 2. The predicted octanol–water partition coefficient (Wildman–Crippen LogP) is 3.05. The molecule has 2 heterocycles. The molecule has 1 unspecified atom stereocenters. The molecule has 92 valence electrons. The fourth-order valence-corrected chi connectivity index (χ4v) is 2.03. The summed E-state index contributed by atoms with van der Waals surface area (Å²) in [7, 11) is 0. The minimum absolute atomic E-state index is 0. The van der Waals surface area contributed by atoms with E-state index in [0.717, 1.165) is 30.6 Å². The molecule has 0 aromatic carbocycles. The molecule has 1 aliphatic heterocycles. The first-order valence-electron chi connectivity index (χ1n) is 5.19. The summed E-state index contributed by atoms with van der Waals surface area (Å²) in [6, 6.07) is 1.93. The van der Waals surface area contributed by atoms with Crippen molar-refractivity contribution < 1.29 is 4.39 Å². The molecule has 1 atom stereocenters. The zero-order valence-electron chi connectivity index (χ0n) is 9.20. The maximum atomic E-state index is 13.0. The number of pyridine rings is 1. The van der Waals surface area contributed by atoms with Crippen LogP contribution in [0.5, 0.6) is 0 Å². The molecule has 2 nitrogen and oxygen atoms in total. The molecule has 0 radical (unpaired) electrons. The van der Waals surface area contributed by atoms with Crippen molar-refractivity contribution in [2.45, 2.75) is 32.2 Å². The lowest BCUT2D eigenvalue weighted by Crippen LogP contribution is -2.15. The van der Waals surface area contributed by atoms with Crippen molar-refractivity contribution in [2.75, 3.05) is 6.54 Å². The monoisotopic (exact) mass is 266 g/mol. The lowest BCUT2D eigenvalue weighted by molar-refractivity contribution is 0.591. The molecule has 0 amide bonds. The van der Waals surface area contributed by atoms with Gasteiger partial charge in [0.25, 0.3) is 0 Å². The SMILES string of the molecule is CCc1ncc(F)cc1C1CCCN1.Cl.Cl. The Morgan fingerprint density at radius 1 is 1.50 bits per heavy atom. The van der Waals surface area contributed by atoms with E-state index in [2.05, 4.69) is 17.2 Å². The zero-order valence-corrected chi connectivity index (χ0v) is 10.8. The first kappa shape index (κ1) is 15.6. The maximum Gasteiger partial charge on any atom is 0.141 e. The Balaban J connectivity index is 0.00000112. The van der Waals surface area contributed by atoms with E-state index >= 15 is 0 Å². The largest absolute Gasteiger partial charge is 0.310 e. The lowest BCUT2D eigenvalue weighted by Gasteiger charge is -2.13. The van der Waals surface area contributed by atoms with Gasteiger partial charge in [0, 0.05) is 11.7 Å². The van der Waals surface area contributed by atoms with Crippen LogP contribution in [0.25, 0.3) is 0 Å². The van der Waals surface area contributed by atoms with Gasteiger partial charge in [-0.25, -0.2) is 4.39 Å². The van der Waals surface area contributed by atoms with Gasteiger partial charge in [-0.15, -0.1) is 24.8 Å². The number of rotatable bonds is 2. The van der Waals surface area contributed by atoms with E-state index in [-0.39, 0.29) is 30.6 Å². The molecular weight excluding hydrogens is 250 g/mol. The van der Waals surface area contributed by atoms with Crippen LogP contribution in [0.4, 0.5) is 4.39 Å². The molecule has 1 saturated heterocycles. The smallest absolute Gasteiger partial charge is 0.141 e. The van der Waals surface area contributed by atoms with Crippen LogP contribution < -0.4 is 5.32 Å². The van der Waals surface area contributed by atoms with Crippen molar-refractivity contribution in [2.24, 2.45) is 0 Å². The van der Waals surface area contributed by atoms with E-state index in [0.29, 0.717) is 6.04 Å². The third-order valence-corrected chi connectivity index (χ3v) is 2.74. The van der Waals surface area contributed by atoms with Crippen molar-refractivity contribution in [3.63, 3.8) is 0 Å². The highest BCUT2D eigenvalue weighted by Crippen LogP contribution is 2.25. The summed E-state index contributed by atoms with van der Waals surface area (Å²) in [6.07, 6.45) is 4.44. The van der Waals surface area contributed by atoms with E-state index in [9.17, 15) is 4.39 Å². The number of nitrogens with one attached hydrogen (secondary N) is 1. The van der Waals surface area contributed by atoms with Gasteiger partial charge in [-0.3, -0.25) is 4.98 Å². The summed E-state index contributed by atoms with van der Waals surface area (Å²) in [5.41, 5.74) is 2.07. The molecule has 0 saturated carbocycles. The first-order chi connectivity index (χ1) is 6.81.